The molecule has 0 spiro atoms. The Morgan fingerprint density at radius 1 is 1.30 bits per heavy atom. The molecule has 1 aromatic carbocycles. The van der Waals surface area contributed by atoms with Crippen molar-refractivity contribution in [2.75, 3.05) is 6.54 Å². The quantitative estimate of drug-likeness (QED) is 0.492. The number of unbranched alkanes of at least 4 members (excludes halogenated alkanes) is 2. The summed E-state index contributed by atoms with van der Waals surface area (Å²) < 4.78 is 8.10. The number of halogens is 1. The molecule has 0 unspecified atom stereocenters. The van der Waals surface area contributed by atoms with Crippen LogP contribution >= 0.6 is 28.1 Å². The molecule has 0 aliphatic carbocycles. The first-order chi connectivity index (χ1) is 11.1. The molecule has 0 bridgehead atoms. The number of carboxylic acids is 1. The van der Waals surface area contributed by atoms with E-state index >= 15 is 0 Å². The Hall–Kier alpha value is -1.51. The summed E-state index contributed by atoms with van der Waals surface area (Å²) in [6.45, 7) is 1.25. The van der Waals surface area contributed by atoms with Crippen molar-refractivity contribution in [1.29, 1.82) is 0 Å². The Balaban J connectivity index is 1.79. The summed E-state index contributed by atoms with van der Waals surface area (Å²) in [5.74, 6) is -0.252. The van der Waals surface area contributed by atoms with E-state index < -0.39 is 5.97 Å². The number of carboxylic acid groups (broad SMARTS) is 1. The van der Waals surface area contributed by atoms with Crippen LogP contribution in [0.25, 0.3) is 11.5 Å². The predicted octanol–water partition coefficient (Wildman–Crippen LogP) is 3.83. The van der Waals surface area contributed by atoms with Crippen molar-refractivity contribution in [3.05, 3.63) is 33.6 Å². The zero-order chi connectivity index (χ0) is 16.7. The SMILES string of the molecule is O=C(O)CCCCCNCn1nc(-c2ccc(Br)cc2)oc1=S. The van der Waals surface area contributed by atoms with Crippen LogP contribution in [0, 0.1) is 4.84 Å². The topological polar surface area (TPSA) is 80.3 Å². The zero-order valence-corrected chi connectivity index (χ0v) is 14.9. The van der Waals surface area contributed by atoms with Crippen LogP contribution in [0.5, 0.6) is 0 Å². The van der Waals surface area contributed by atoms with Crippen LogP contribution in [0.4, 0.5) is 0 Å². The van der Waals surface area contributed by atoms with Gasteiger partial charge in [0.05, 0.1) is 6.67 Å². The van der Waals surface area contributed by atoms with E-state index in [2.05, 4.69) is 26.3 Å². The Bertz CT molecular complexity index is 697. The number of nitrogens with one attached hydrogen (secondary N) is 1. The number of aliphatic carboxylic acids is 1. The van der Waals surface area contributed by atoms with E-state index in [0.717, 1.165) is 29.4 Å². The van der Waals surface area contributed by atoms with Crippen molar-refractivity contribution in [3.8, 4) is 11.5 Å². The lowest BCUT2D eigenvalue weighted by atomic mass is 10.2. The number of nitrogens with zero attached hydrogens (tertiary/aromatic N) is 2. The third kappa shape index (κ3) is 5.89. The van der Waals surface area contributed by atoms with Crippen LogP contribution in [-0.2, 0) is 11.5 Å². The van der Waals surface area contributed by atoms with E-state index in [-0.39, 0.29) is 6.42 Å². The Labute approximate surface area is 147 Å². The molecule has 23 heavy (non-hydrogen) atoms. The van der Waals surface area contributed by atoms with E-state index in [4.69, 9.17) is 21.7 Å². The van der Waals surface area contributed by atoms with Gasteiger partial charge < -0.3 is 9.52 Å². The summed E-state index contributed by atoms with van der Waals surface area (Å²) >= 11 is 8.55. The number of aromatic nitrogens is 2. The third-order valence-corrected chi connectivity index (χ3v) is 4.03. The number of benzene rings is 1. The molecule has 2 N–H and O–H groups in total. The minimum absolute atomic E-state index is 0.227. The van der Waals surface area contributed by atoms with E-state index in [1.165, 1.54) is 0 Å². The van der Waals surface area contributed by atoms with Gasteiger partial charge in [-0.25, -0.2) is 4.68 Å². The van der Waals surface area contributed by atoms with Gasteiger partial charge >= 0.3 is 5.97 Å². The van der Waals surface area contributed by atoms with Crippen LogP contribution in [0.15, 0.2) is 33.2 Å². The molecular formula is C15H18BrN3O3S. The summed E-state index contributed by atoms with van der Waals surface area (Å²) in [5.41, 5.74) is 0.867. The second-order valence-electron chi connectivity index (χ2n) is 5.04. The molecule has 124 valence electrons. The van der Waals surface area contributed by atoms with Crippen LogP contribution in [0.2, 0.25) is 0 Å². The molecule has 0 aliphatic heterocycles. The van der Waals surface area contributed by atoms with Crippen molar-refractivity contribution in [1.82, 2.24) is 15.1 Å². The van der Waals surface area contributed by atoms with Crippen LogP contribution < -0.4 is 5.32 Å². The fourth-order valence-electron chi connectivity index (χ4n) is 2.00. The first kappa shape index (κ1) is 17.8. The summed E-state index contributed by atoms with van der Waals surface area (Å²) in [7, 11) is 0. The zero-order valence-electron chi connectivity index (χ0n) is 12.5. The van der Waals surface area contributed by atoms with Crippen molar-refractivity contribution < 1.29 is 14.3 Å². The van der Waals surface area contributed by atoms with Crippen LogP contribution in [-0.4, -0.2) is 27.4 Å². The first-order valence-corrected chi connectivity index (χ1v) is 8.53. The molecule has 6 nitrogen and oxygen atoms in total. The molecule has 0 radical (unpaired) electrons. The van der Waals surface area contributed by atoms with Gasteiger partial charge in [0.15, 0.2) is 0 Å². The lowest BCUT2D eigenvalue weighted by molar-refractivity contribution is -0.137. The van der Waals surface area contributed by atoms with Gasteiger partial charge in [-0.05, 0) is 55.9 Å². The Morgan fingerprint density at radius 2 is 2.04 bits per heavy atom. The molecule has 0 atom stereocenters. The Morgan fingerprint density at radius 3 is 2.74 bits per heavy atom. The molecular weight excluding hydrogens is 382 g/mol. The first-order valence-electron chi connectivity index (χ1n) is 7.32. The number of rotatable bonds is 9. The predicted molar refractivity (Wildman–Crippen MR) is 92.6 cm³/mol. The molecule has 0 saturated heterocycles. The van der Waals surface area contributed by atoms with Gasteiger partial charge in [0, 0.05) is 16.5 Å². The molecule has 0 aliphatic rings. The minimum Gasteiger partial charge on any atom is -0.481 e. The maximum Gasteiger partial charge on any atom is 0.303 e. The van der Waals surface area contributed by atoms with Crippen molar-refractivity contribution in [3.63, 3.8) is 0 Å². The normalized spacial score (nSPS) is 10.8. The molecule has 0 amide bonds. The van der Waals surface area contributed by atoms with Crippen molar-refractivity contribution >= 4 is 34.1 Å². The van der Waals surface area contributed by atoms with Gasteiger partial charge in [-0.15, -0.1) is 5.10 Å². The average molecular weight is 400 g/mol. The van der Waals surface area contributed by atoms with E-state index in [1.54, 1.807) is 4.68 Å². The highest BCUT2D eigenvalue weighted by molar-refractivity contribution is 9.10. The van der Waals surface area contributed by atoms with Gasteiger partial charge in [-0.2, -0.15) is 0 Å². The molecule has 0 saturated carbocycles. The maximum atomic E-state index is 10.4. The molecule has 0 fully saturated rings. The summed E-state index contributed by atoms with van der Waals surface area (Å²) in [4.78, 5) is 10.7. The fourth-order valence-corrected chi connectivity index (χ4v) is 2.45. The van der Waals surface area contributed by atoms with Gasteiger partial charge in [0.1, 0.15) is 0 Å². The molecule has 1 heterocycles. The highest BCUT2D eigenvalue weighted by Crippen LogP contribution is 2.20. The van der Waals surface area contributed by atoms with Gasteiger partial charge in [0.2, 0.25) is 5.89 Å². The summed E-state index contributed by atoms with van der Waals surface area (Å²) in [6.07, 6.45) is 2.73. The molecule has 2 aromatic rings. The largest absolute Gasteiger partial charge is 0.481 e. The van der Waals surface area contributed by atoms with Gasteiger partial charge in [-0.1, -0.05) is 22.4 Å². The average Bonchev–Trinajstić information content (AvgIpc) is 2.88. The smallest absolute Gasteiger partial charge is 0.303 e. The van der Waals surface area contributed by atoms with E-state index in [1.807, 2.05) is 24.3 Å². The third-order valence-electron chi connectivity index (χ3n) is 3.20. The monoisotopic (exact) mass is 399 g/mol. The van der Waals surface area contributed by atoms with Crippen LogP contribution in [0.1, 0.15) is 25.7 Å². The number of hydrogen-bond donors (Lipinski definition) is 2. The van der Waals surface area contributed by atoms with Gasteiger partial charge in [0.25, 0.3) is 4.84 Å². The fraction of sp³-hybridized carbons (Fsp3) is 0.400. The minimum atomic E-state index is -0.743. The Kier molecular flexibility index (Phi) is 6.94. The molecule has 8 heteroatoms. The lowest BCUT2D eigenvalue weighted by Gasteiger charge is -2.03. The van der Waals surface area contributed by atoms with Crippen LogP contribution in [0.3, 0.4) is 0 Å². The maximum absolute atomic E-state index is 10.4. The van der Waals surface area contributed by atoms with Crippen molar-refractivity contribution in [2.24, 2.45) is 0 Å². The van der Waals surface area contributed by atoms with E-state index in [9.17, 15) is 4.79 Å². The molecule has 1 aromatic heterocycles. The summed E-state index contributed by atoms with van der Waals surface area (Å²) in [6, 6.07) is 7.65. The highest BCUT2D eigenvalue weighted by atomic mass is 79.9. The highest BCUT2D eigenvalue weighted by Gasteiger charge is 2.07. The summed E-state index contributed by atoms with van der Waals surface area (Å²) in [5, 5.41) is 16.1. The second kappa shape index (κ2) is 8.95. The molecule has 2 rings (SSSR count). The lowest BCUT2D eigenvalue weighted by Crippen LogP contribution is -2.20. The standard InChI is InChI=1S/C15H18BrN3O3S/c16-12-7-5-11(6-8-12)14-18-19(15(23)22-14)10-17-9-3-1-2-4-13(20)21/h5-8,17H,1-4,9-10H2,(H,20,21). The van der Waals surface area contributed by atoms with Crippen molar-refractivity contribution in [2.45, 2.75) is 32.4 Å². The second-order valence-corrected chi connectivity index (χ2v) is 6.31. The number of hydrogen-bond acceptors (Lipinski definition) is 5. The number of carbonyl (C=O) groups is 1. The van der Waals surface area contributed by atoms with Gasteiger partial charge in [-0.3, -0.25) is 10.1 Å². The van der Waals surface area contributed by atoms with E-state index in [0.29, 0.717) is 23.8 Å².